The Balaban J connectivity index is 1.54. The van der Waals surface area contributed by atoms with E-state index in [0.29, 0.717) is 16.7 Å². The molecule has 0 saturated carbocycles. The van der Waals surface area contributed by atoms with Crippen LogP contribution in [0, 0.1) is 6.92 Å². The zero-order valence-corrected chi connectivity index (χ0v) is 17.9. The van der Waals surface area contributed by atoms with Crippen LogP contribution in [0.3, 0.4) is 0 Å². The zero-order chi connectivity index (χ0) is 22.5. The molecule has 2 aromatic carbocycles. The first kappa shape index (κ1) is 21.3. The van der Waals surface area contributed by atoms with Crippen molar-refractivity contribution < 1.29 is 14.7 Å². The highest BCUT2D eigenvalue weighted by molar-refractivity contribution is 7.99. The van der Waals surface area contributed by atoms with Crippen molar-refractivity contribution in [2.75, 3.05) is 11.1 Å². The van der Waals surface area contributed by atoms with Gasteiger partial charge in [0.2, 0.25) is 5.91 Å². The number of rotatable bonds is 7. The van der Waals surface area contributed by atoms with Gasteiger partial charge in [0.1, 0.15) is 0 Å². The number of carboxylic acids is 1. The average molecular weight is 446 g/mol. The number of hydrogen-bond acceptors (Lipinski definition) is 6. The molecule has 0 saturated heterocycles. The molecule has 0 spiro atoms. The van der Waals surface area contributed by atoms with E-state index < -0.39 is 5.97 Å². The van der Waals surface area contributed by atoms with Crippen LogP contribution < -0.4 is 5.32 Å². The normalized spacial score (nSPS) is 10.7. The summed E-state index contributed by atoms with van der Waals surface area (Å²) in [7, 11) is 0. The SMILES string of the molecule is Cc1ccc(-n2c(SCC(=O)Nc3ccc(C(=O)O)cc3)nnc2-c2cccnc2)cc1. The summed E-state index contributed by atoms with van der Waals surface area (Å²) < 4.78 is 1.90. The van der Waals surface area contributed by atoms with Crippen LogP contribution in [0.4, 0.5) is 5.69 Å². The first-order chi connectivity index (χ1) is 15.5. The number of aromatic nitrogens is 4. The maximum Gasteiger partial charge on any atom is 0.335 e. The van der Waals surface area contributed by atoms with Crippen molar-refractivity contribution in [3.63, 3.8) is 0 Å². The Bertz CT molecular complexity index is 1240. The number of carbonyl (C=O) groups is 2. The molecule has 4 aromatic rings. The van der Waals surface area contributed by atoms with Gasteiger partial charge in [0.05, 0.1) is 11.3 Å². The number of hydrogen-bond donors (Lipinski definition) is 2. The molecule has 2 N–H and O–H groups in total. The summed E-state index contributed by atoms with van der Waals surface area (Å²) >= 11 is 1.26. The molecule has 0 atom stereocenters. The molecule has 0 aliphatic heterocycles. The number of anilines is 1. The summed E-state index contributed by atoms with van der Waals surface area (Å²) in [4.78, 5) is 27.6. The molecule has 2 aromatic heterocycles. The molecule has 32 heavy (non-hydrogen) atoms. The summed E-state index contributed by atoms with van der Waals surface area (Å²) in [5.41, 5.74) is 3.51. The smallest absolute Gasteiger partial charge is 0.335 e. The van der Waals surface area contributed by atoms with Gasteiger partial charge in [0, 0.05) is 29.3 Å². The van der Waals surface area contributed by atoms with Crippen LogP contribution >= 0.6 is 11.8 Å². The van der Waals surface area contributed by atoms with Crippen LogP contribution in [0.5, 0.6) is 0 Å². The highest BCUT2D eigenvalue weighted by Crippen LogP contribution is 2.28. The Morgan fingerprint density at radius 1 is 1.03 bits per heavy atom. The fraction of sp³-hybridized carbons (Fsp3) is 0.0870. The molecule has 0 fully saturated rings. The number of nitrogens with one attached hydrogen (secondary N) is 1. The van der Waals surface area contributed by atoms with Gasteiger partial charge >= 0.3 is 5.97 Å². The van der Waals surface area contributed by atoms with Crippen molar-refractivity contribution in [2.24, 2.45) is 0 Å². The predicted molar refractivity (Wildman–Crippen MR) is 122 cm³/mol. The Labute approximate surface area is 188 Å². The van der Waals surface area contributed by atoms with E-state index in [-0.39, 0.29) is 17.2 Å². The van der Waals surface area contributed by atoms with E-state index in [1.165, 1.54) is 23.9 Å². The minimum Gasteiger partial charge on any atom is -0.478 e. The number of pyridine rings is 1. The number of aryl methyl sites for hydroxylation is 1. The highest BCUT2D eigenvalue weighted by atomic mass is 32.2. The van der Waals surface area contributed by atoms with Crippen LogP contribution in [-0.4, -0.2) is 42.5 Å². The molecule has 0 radical (unpaired) electrons. The molecule has 1 amide bonds. The van der Waals surface area contributed by atoms with Gasteiger partial charge in [-0.2, -0.15) is 0 Å². The van der Waals surface area contributed by atoms with E-state index in [0.717, 1.165) is 16.8 Å². The quantitative estimate of drug-likeness (QED) is 0.413. The molecular weight excluding hydrogens is 426 g/mol. The number of amides is 1. The number of carbonyl (C=O) groups excluding carboxylic acids is 1. The topological polar surface area (TPSA) is 110 Å². The molecule has 4 rings (SSSR count). The minimum absolute atomic E-state index is 0.109. The first-order valence-electron chi connectivity index (χ1n) is 9.70. The molecule has 8 nitrogen and oxygen atoms in total. The largest absolute Gasteiger partial charge is 0.478 e. The molecule has 9 heteroatoms. The van der Waals surface area contributed by atoms with Gasteiger partial charge in [-0.05, 0) is 55.5 Å². The number of nitrogens with zero attached hydrogens (tertiary/aromatic N) is 4. The summed E-state index contributed by atoms with van der Waals surface area (Å²) in [6.07, 6.45) is 3.41. The third-order valence-electron chi connectivity index (χ3n) is 4.59. The predicted octanol–water partition coefficient (Wildman–Crippen LogP) is 4.07. The van der Waals surface area contributed by atoms with Crippen molar-refractivity contribution in [3.05, 3.63) is 84.2 Å². The molecule has 2 heterocycles. The second-order valence-corrected chi connectivity index (χ2v) is 7.88. The van der Waals surface area contributed by atoms with Crippen molar-refractivity contribution in [1.82, 2.24) is 19.7 Å². The highest BCUT2D eigenvalue weighted by Gasteiger charge is 2.17. The molecular formula is C23H19N5O3S. The van der Waals surface area contributed by atoms with Gasteiger partial charge in [-0.25, -0.2) is 4.79 Å². The summed E-state index contributed by atoms with van der Waals surface area (Å²) in [5, 5.41) is 21.0. The lowest BCUT2D eigenvalue weighted by Gasteiger charge is -2.11. The standard InChI is InChI=1S/C23H19N5O3S/c1-15-4-10-19(11-5-15)28-21(17-3-2-12-24-13-17)26-27-23(28)32-14-20(29)25-18-8-6-16(7-9-18)22(30)31/h2-13H,14H2,1H3,(H,25,29)(H,30,31). The zero-order valence-electron chi connectivity index (χ0n) is 17.1. The number of carboxylic acid groups (broad SMARTS) is 1. The summed E-state index contributed by atoms with van der Waals surface area (Å²) in [6, 6.07) is 17.7. The fourth-order valence-corrected chi connectivity index (χ4v) is 3.75. The molecule has 0 unspecified atom stereocenters. The lowest BCUT2D eigenvalue weighted by atomic mass is 10.2. The molecule has 0 bridgehead atoms. The second-order valence-electron chi connectivity index (χ2n) is 6.94. The van der Waals surface area contributed by atoms with Gasteiger partial charge < -0.3 is 10.4 Å². The lowest BCUT2D eigenvalue weighted by molar-refractivity contribution is -0.113. The third kappa shape index (κ3) is 4.84. The van der Waals surface area contributed by atoms with Crippen LogP contribution in [-0.2, 0) is 4.79 Å². The van der Waals surface area contributed by atoms with E-state index in [4.69, 9.17) is 5.11 Å². The maximum atomic E-state index is 12.5. The van der Waals surface area contributed by atoms with Gasteiger partial charge in [0.15, 0.2) is 11.0 Å². The van der Waals surface area contributed by atoms with E-state index >= 15 is 0 Å². The Morgan fingerprint density at radius 2 is 1.78 bits per heavy atom. The van der Waals surface area contributed by atoms with Gasteiger partial charge in [-0.15, -0.1) is 10.2 Å². The fourth-order valence-electron chi connectivity index (χ4n) is 3.00. The summed E-state index contributed by atoms with van der Waals surface area (Å²) in [6.45, 7) is 2.01. The molecule has 160 valence electrons. The average Bonchev–Trinajstić information content (AvgIpc) is 3.23. The summed E-state index contributed by atoms with van der Waals surface area (Å²) in [5.74, 6) is -0.510. The van der Waals surface area contributed by atoms with Gasteiger partial charge in [0.25, 0.3) is 0 Å². The second kappa shape index (κ2) is 9.44. The minimum atomic E-state index is -1.02. The van der Waals surface area contributed by atoms with Crippen LogP contribution in [0.2, 0.25) is 0 Å². The number of aromatic carboxylic acids is 1. The van der Waals surface area contributed by atoms with Crippen molar-refractivity contribution in [1.29, 1.82) is 0 Å². The molecule has 0 aliphatic carbocycles. The van der Waals surface area contributed by atoms with Crippen LogP contribution in [0.1, 0.15) is 15.9 Å². The first-order valence-corrected chi connectivity index (χ1v) is 10.7. The number of benzene rings is 2. The monoisotopic (exact) mass is 445 g/mol. The number of thioether (sulfide) groups is 1. The Kier molecular flexibility index (Phi) is 6.27. The Morgan fingerprint density at radius 3 is 2.44 bits per heavy atom. The molecule has 0 aliphatic rings. The van der Waals surface area contributed by atoms with E-state index in [2.05, 4.69) is 20.5 Å². The third-order valence-corrected chi connectivity index (χ3v) is 5.52. The Hall–Kier alpha value is -3.98. The van der Waals surface area contributed by atoms with Crippen molar-refractivity contribution >= 4 is 29.3 Å². The van der Waals surface area contributed by atoms with Gasteiger partial charge in [-0.3, -0.25) is 14.3 Å². The maximum absolute atomic E-state index is 12.5. The van der Waals surface area contributed by atoms with Crippen LogP contribution in [0.25, 0.3) is 17.1 Å². The van der Waals surface area contributed by atoms with Crippen molar-refractivity contribution in [2.45, 2.75) is 12.1 Å². The van der Waals surface area contributed by atoms with E-state index in [1.54, 1.807) is 24.5 Å². The van der Waals surface area contributed by atoms with Crippen LogP contribution in [0.15, 0.2) is 78.2 Å². The van der Waals surface area contributed by atoms with Crippen molar-refractivity contribution in [3.8, 4) is 17.1 Å². The van der Waals surface area contributed by atoms with Gasteiger partial charge in [-0.1, -0.05) is 29.5 Å². The van der Waals surface area contributed by atoms with E-state index in [1.807, 2.05) is 47.9 Å². The van der Waals surface area contributed by atoms with E-state index in [9.17, 15) is 9.59 Å². The lowest BCUT2D eigenvalue weighted by Crippen LogP contribution is -2.14.